The molecule has 27 heavy (non-hydrogen) atoms. The highest BCUT2D eigenvalue weighted by Gasteiger charge is 2.61. The molecule has 1 heterocycles. The highest BCUT2D eigenvalue weighted by molar-refractivity contribution is 7.91. The van der Waals surface area contributed by atoms with Crippen LogP contribution < -0.4 is 4.74 Å². The minimum Gasteiger partial charge on any atom is -0.426 e. The van der Waals surface area contributed by atoms with Gasteiger partial charge in [0.1, 0.15) is 10.2 Å². The lowest BCUT2D eigenvalue weighted by molar-refractivity contribution is -0.136. The van der Waals surface area contributed by atoms with Crippen LogP contribution in [0.2, 0.25) is 0 Å². The topological polar surface area (TPSA) is 72.8 Å². The number of hydrogen-bond acceptors (Lipinski definition) is 5. The van der Waals surface area contributed by atoms with Crippen molar-refractivity contribution in [2.45, 2.75) is 26.3 Å². The second kappa shape index (κ2) is 7.57. The van der Waals surface area contributed by atoms with Crippen LogP contribution in [0.15, 0.2) is 39.8 Å². The van der Waals surface area contributed by atoms with E-state index in [1.165, 1.54) is 0 Å². The number of esters is 1. The molecule has 3 rings (SSSR count). The molecule has 1 aromatic carbocycles. The van der Waals surface area contributed by atoms with Crippen LogP contribution in [-0.4, -0.2) is 38.1 Å². The molecule has 0 bridgehead atoms. The van der Waals surface area contributed by atoms with Crippen LogP contribution in [0.3, 0.4) is 0 Å². The van der Waals surface area contributed by atoms with E-state index in [2.05, 4.69) is 4.99 Å². The number of aliphatic imine (C=N–C) groups is 1. The molecule has 1 aromatic rings. The summed E-state index contributed by atoms with van der Waals surface area (Å²) in [6, 6.07) is 6.77. The zero-order valence-corrected chi connectivity index (χ0v) is 17.4. The lowest BCUT2D eigenvalue weighted by Gasteiger charge is -2.06. The maximum atomic E-state index is 12.4. The van der Waals surface area contributed by atoms with Crippen molar-refractivity contribution in [1.29, 1.82) is 0 Å². The molecule has 1 aliphatic heterocycles. The number of carbonyl (C=O) groups excluding carboxylic acids is 1. The Bertz CT molecular complexity index is 887. The molecule has 0 amide bonds. The number of halogens is 2. The van der Waals surface area contributed by atoms with Gasteiger partial charge in [-0.05, 0) is 53.7 Å². The molecule has 1 saturated heterocycles. The van der Waals surface area contributed by atoms with Crippen molar-refractivity contribution in [1.82, 2.24) is 0 Å². The lowest BCUT2D eigenvalue weighted by Crippen LogP contribution is -2.13. The molecular weight excluding hydrogens is 409 g/mol. The Morgan fingerprint density at radius 2 is 1.93 bits per heavy atom. The zero-order valence-electron chi connectivity index (χ0n) is 15.1. The van der Waals surface area contributed by atoms with Gasteiger partial charge in [0.05, 0.1) is 23.5 Å². The molecule has 1 saturated carbocycles. The summed E-state index contributed by atoms with van der Waals surface area (Å²) in [6.07, 6.45) is 3.90. The van der Waals surface area contributed by atoms with Crippen LogP contribution >= 0.6 is 23.2 Å². The second-order valence-corrected chi connectivity index (χ2v) is 10.8. The average Bonchev–Trinajstić information content (AvgIpc) is 2.92. The van der Waals surface area contributed by atoms with Gasteiger partial charge in [-0.25, -0.2) is 8.42 Å². The summed E-state index contributed by atoms with van der Waals surface area (Å²) < 4.78 is 28.5. The van der Waals surface area contributed by atoms with Crippen LogP contribution in [0.5, 0.6) is 5.75 Å². The van der Waals surface area contributed by atoms with Crippen molar-refractivity contribution in [3.05, 3.63) is 40.4 Å². The van der Waals surface area contributed by atoms with Gasteiger partial charge in [-0.1, -0.05) is 37.0 Å². The molecule has 0 unspecified atom stereocenters. The third-order valence-corrected chi connectivity index (χ3v) is 7.21. The highest BCUT2D eigenvalue weighted by atomic mass is 35.5. The molecule has 2 aliphatic rings. The fourth-order valence-electron chi connectivity index (χ4n) is 3.46. The van der Waals surface area contributed by atoms with E-state index in [-0.39, 0.29) is 45.3 Å². The number of allylic oxidation sites excluding steroid dienone is 1. The molecule has 0 N–H and O–H groups in total. The number of benzene rings is 1. The standard InChI is InChI=1S/C19H21Cl2NO4S/c1-19(2)15(9-16(20)21)17(19)18(23)26-14-5-3-12(4-6-14)10-22-13-7-8-27(24,25)11-13/h3-6,9-10,13,15,17H,7-8,11H2,1-2H3/t13-,15+,17-/m0/s1. The van der Waals surface area contributed by atoms with Gasteiger partial charge in [0.15, 0.2) is 9.84 Å². The average molecular weight is 430 g/mol. The van der Waals surface area contributed by atoms with Gasteiger partial charge in [0, 0.05) is 6.21 Å². The van der Waals surface area contributed by atoms with E-state index in [4.69, 9.17) is 27.9 Å². The molecule has 2 fully saturated rings. The first-order valence-electron chi connectivity index (χ1n) is 8.67. The van der Waals surface area contributed by atoms with Gasteiger partial charge < -0.3 is 4.74 Å². The fraction of sp³-hybridized carbons (Fsp3) is 0.474. The monoisotopic (exact) mass is 429 g/mol. The molecule has 8 heteroatoms. The predicted octanol–water partition coefficient (Wildman–Crippen LogP) is 3.79. The van der Waals surface area contributed by atoms with Gasteiger partial charge in [-0.15, -0.1) is 0 Å². The van der Waals surface area contributed by atoms with Crippen molar-refractivity contribution >= 4 is 45.2 Å². The van der Waals surface area contributed by atoms with Gasteiger partial charge in [-0.2, -0.15) is 0 Å². The molecule has 0 radical (unpaired) electrons. The number of nitrogens with zero attached hydrogens (tertiary/aromatic N) is 1. The van der Waals surface area contributed by atoms with Crippen molar-refractivity contribution in [2.75, 3.05) is 11.5 Å². The first-order valence-corrected chi connectivity index (χ1v) is 11.2. The molecule has 5 nitrogen and oxygen atoms in total. The number of hydrogen-bond donors (Lipinski definition) is 0. The summed E-state index contributed by atoms with van der Waals surface area (Å²) >= 11 is 11.4. The Morgan fingerprint density at radius 3 is 2.48 bits per heavy atom. The third-order valence-electron chi connectivity index (χ3n) is 5.21. The number of rotatable bonds is 5. The first kappa shape index (κ1) is 20.4. The molecule has 0 spiro atoms. The van der Waals surface area contributed by atoms with Gasteiger partial charge in [-0.3, -0.25) is 9.79 Å². The number of carbonyl (C=O) groups is 1. The van der Waals surface area contributed by atoms with E-state index < -0.39 is 9.84 Å². The Balaban J connectivity index is 1.58. The number of ether oxygens (including phenoxy) is 1. The van der Waals surface area contributed by atoms with Crippen LogP contribution in [0.25, 0.3) is 0 Å². The highest BCUT2D eigenvalue weighted by Crippen LogP contribution is 2.60. The van der Waals surface area contributed by atoms with Crippen molar-refractivity contribution < 1.29 is 17.9 Å². The SMILES string of the molecule is CC1(C)[C@H](C=C(Cl)Cl)[C@H]1C(=O)Oc1ccc(C=N[C@H]2CCS(=O)(=O)C2)cc1. The maximum Gasteiger partial charge on any atom is 0.315 e. The van der Waals surface area contributed by atoms with E-state index in [9.17, 15) is 13.2 Å². The van der Waals surface area contributed by atoms with Gasteiger partial charge in [0.25, 0.3) is 0 Å². The van der Waals surface area contributed by atoms with E-state index in [1.54, 1.807) is 36.6 Å². The number of sulfone groups is 1. The summed E-state index contributed by atoms with van der Waals surface area (Å²) in [5.74, 6) is 0.126. The third kappa shape index (κ3) is 4.92. The predicted molar refractivity (Wildman–Crippen MR) is 107 cm³/mol. The molecule has 1 aliphatic carbocycles. The Labute approximate surface area is 169 Å². The van der Waals surface area contributed by atoms with Crippen LogP contribution in [-0.2, 0) is 14.6 Å². The molecule has 146 valence electrons. The Hall–Kier alpha value is -1.37. The summed E-state index contributed by atoms with van der Waals surface area (Å²) in [4.78, 5) is 16.7. The fourth-order valence-corrected chi connectivity index (χ4v) is 5.37. The largest absolute Gasteiger partial charge is 0.426 e. The van der Waals surface area contributed by atoms with E-state index in [0.29, 0.717) is 12.2 Å². The van der Waals surface area contributed by atoms with E-state index in [0.717, 1.165) is 5.56 Å². The summed E-state index contributed by atoms with van der Waals surface area (Å²) in [5.41, 5.74) is 0.584. The normalized spacial score (nSPS) is 28.1. The van der Waals surface area contributed by atoms with Crippen molar-refractivity contribution in [2.24, 2.45) is 22.2 Å². The smallest absolute Gasteiger partial charge is 0.315 e. The summed E-state index contributed by atoms with van der Waals surface area (Å²) in [5, 5.41) is 0. The van der Waals surface area contributed by atoms with Crippen LogP contribution in [0, 0.1) is 17.3 Å². The Kier molecular flexibility index (Phi) is 5.71. The van der Waals surface area contributed by atoms with Crippen molar-refractivity contribution in [3.63, 3.8) is 0 Å². The second-order valence-electron chi connectivity index (χ2n) is 7.61. The minimum absolute atomic E-state index is 0.0379. The van der Waals surface area contributed by atoms with Crippen LogP contribution in [0.4, 0.5) is 0 Å². The lowest BCUT2D eigenvalue weighted by atomic mass is 10.1. The summed E-state index contributed by atoms with van der Waals surface area (Å²) in [6.45, 7) is 3.94. The van der Waals surface area contributed by atoms with Gasteiger partial charge in [0.2, 0.25) is 0 Å². The van der Waals surface area contributed by atoms with E-state index >= 15 is 0 Å². The molecule has 3 atom stereocenters. The summed E-state index contributed by atoms with van der Waals surface area (Å²) in [7, 11) is -2.94. The first-order chi connectivity index (χ1) is 12.6. The zero-order chi connectivity index (χ0) is 19.8. The minimum atomic E-state index is -2.94. The molecule has 0 aromatic heterocycles. The van der Waals surface area contributed by atoms with Crippen molar-refractivity contribution in [3.8, 4) is 5.75 Å². The van der Waals surface area contributed by atoms with Gasteiger partial charge >= 0.3 is 5.97 Å². The maximum absolute atomic E-state index is 12.4. The van der Waals surface area contributed by atoms with E-state index in [1.807, 2.05) is 13.8 Å². The quantitative estimate of drug-likeness (QED) is 0.405. The molecular formula is C19H21Cl2NO4S. The Morgan fingerprint density at radius 1 is 1.26 bits per heavy atom. The van der Waals surface area contributed by atoms with Crippen LogP contribution in [0.1, 0.15) is 25.8 Å².